The number of carboxylic acid groups (broad SMARTS) is 1. The molecule has 1 aromatic carbocycles. The third kappa shape index (κ3) is 4.66. The van der Waals surface area contributed by atoms with Crippen LogP contribution in [0.1, 0.15) is 38.7 Å². The van der Waals surface area contributed by atoms with E-state index in [4.69, 9.17) is 10.8 Å². The summed E-state index contributed by atoms with van der Waals surface area (Å²) in [5.74, 6) is -1.11. The molecule has 0 aliphatic heterocycles. The quantitative estimate of drug-likeness (QED) is 0.712. The van der Waals surface area contributed by atoms with Crippen LogP contribution >= 0.6 is 0 Å². The maximum Gasteiger partial charge on any atom is 0.303 e. The molecule has 0 aromatic heterocycles. The van der Waals surface area contributed by atoms with Crippen LogP contribution in [0.2, 0.25) is 0 Å². The lowest BCUT2D eigenvalue weighted by Gasteiger charge is -2.23. The molecule has 1 rings (SSSR count). The van der Waals surface area contributed by atoms with E-state index in [1.165, 1.54) is 0 Å². The predicted octanol–water partition coefficient (Wildman–Crippen LogP) is 2.16. The van der Waals surface area contributed by atoms with Gasteiger partial charge in [-0.05, 0) is 31.4 Å². The van der Waals surface area contributed by atoms with Crippen LogP contribution in [-0.2, 0) is 16.0 Å². The second-order valence-corrected chi connectivity index (χ2v) is 5.17. The Morgan fingerprint density at radius 1 is 1.35 bits per heavy atom. The fourth-order valence-electron chi connectivity index (χ4n) is 2.00. The first-order valence-corrected chi connectivity index (χ1v) is 6.77. The Balaban J connectivity index is 2.81. The number of hydrogen-bond donors (Lipinski definition) is 3. The number of aliphatic carboxylic acids is 1. The summed E-state index contributed by atoms with van der Waals surface area (Å²) in [5, 5.41) is 11.5. The van der Waals surface area contributed by atoms with E-state index in [1.807, 2.05) is 19.1 Å². The van der Waals surface area contributed by atoms with Crippen LogP contribution in [0.3, 0.4) is 0 Å². The zero-order valence-corrected chi connectivity index (χ0v) is 12.0. The Morgan fingerprint density at radius 3 is 2.60 bits per heavy atom. The lowest BCUT2D eigenvalue weighted by atomic mass is 9.96. The van der Waals surface area contributed by atoms with Crippen molar-refractivity contribution in [3.8, 4) is 0 Å². The van der Waals surface area contributed by atoms with Gasteiger partial charge in [0.25, 0.3) is 0 Å². The summed E-state index contributed by atoms with van der Waals surface area (Å²) >= 11 is 0. The largest absolute Gasteiger partial charge is 0.481 e. The summed E-state index contributed by atoms with van der Waals surface area (Å²) in [6.45, 7) is 3.67. The molecule has 0 saturated carbocycles. The predicted molar refractivity (Wildman–Crippen MR) is 78.5 cm³/mol. The summed E-state index contributed by atoms with van der Waals surface area (Å²) < 4.78 is 0. The number of anilines is 1. The van der Waals surface area contributed by atoms with Gasteiger partial charge in [-0.15, -0.1) is 0 Å². The Hall–Kier alpha value is -1.88. The molecule has 0 aliphatic rings. The highest BCUT2D eigenvalue weighted by Crippen LogP contribution is 2.19. The average molecular weight is 278 g/mol. The highest BCUT2D eigenvalue weighted by atomic mass is 16.4. The number of para-hydroxylation sites is 1. The maximum absolute atomic E-state index is 12.2. The van der Waals surface area contributed by atoms with Crippen LogP contribution in [-0.4, -0.2) is 22.5 Å². The molecule has 1 unspecified atom stereocenters. The number of benzene rings is 1. The second-order valence-electron chi connectivity index (χ2n) is 5.17. The number of carboxylic acids is 1. The van der Waals surface area contributed by atoms with Crippen LogP contribution in [0.15, 0.2) is 24.3 Å². The summed E-state index contributed by atoms with van der Waals surface area (Å²) in [6, 6.07) is 7.19. The number of aryl methyl sites for hydroxylation is 1. The van der Waals surface area contributed by atoms with Crippen LogP contribution in [0.25, 0.3) is 0 Å². The van der Waals surface area contributed by atoms with E-state index in [2.05, 4.69) is 5.32 Å². The number of nitrogens with one attached hydrogen (secondary N) is 1. The Labute approximate surface area is 119 Å². The highest BCUT2D eigenvalue weighted by Gasteiger charge is 2.27. The van der Waals surface area contributed by atoms with Gasteiger partial charge < -0.3 is 16.2 Å². The van der Waals surface area contributed by atoms with E-state index in [9.17, 15) is 9.59 Å². The molecule has 5 nitrogen and oxygen atoms in total. The van der Waals surface area contributed by atoms with Crippen LogP contribution in [0.4, 0.5) is 5.69 Å². The number of nitrogens with two attached hydrogens (primary N) is 1. The molecule has 0 radical (unpaired) electrons. The lowest BCUT2D eigenvalue weighted by molar-refractivity contribution is -0.137. The van der Waals surface area contributed by atoms with Crippen molar-refractivity contribution in [3.05, 3.63) is 29.8 Å². The smallest absolute Gasteiger partial charge is 0.303 e. The standard InChI is InChI=1S/C15H22N2O3/c1-3-10-15(2,16)14(20)17-12-7-5-4-6-11(12)8-9-13(18)19/h4-7H,3,8-10,16H2,1-2H3,(H,17,20)(H,18,19). The van der Waals surface area contributed by atoms with Gasteiger partial charge in [-0.2, -0.15) is 0 Å². The number of hydrogen-bond acceptors (Lipinski definition) is 3. The first-order valence-electron chi connectivity index (χ1n) is 6.77. The normalized spacial score (nSPS) is 13.6. The summed E-state index contributed by atoms with van der Waals surface area (Å²) in [7, 11) is 0. The van der Waals surface area contributed by atoms with Crippen molar-refractivity contribution < 1.29 is 14.7 Å². The van der Waals surface area contributed by atoms with Crippen molar-refractivity contribution in [2.24, 2.45) is 5.73 Å². The monoisotopic (exact) mass is 278 g/mol. The summed E-state index contributed by atoms with van der Waals surface area (Å²) in [4.78, 5) is 22.8. The van der Waals surface area contributed by atoms with Crippen molar-refractivity contribution >= 4 is 17.6 Å². The van der Waals surface area contributed by atoms with Gasteiger partial charge in [0.15, 0.2) is 0 Å². The molecule has 1 amide bonds. The number of carbonyl (C=O) groups is 2. The molecule has 0 saturated heterocycles. The van der Waals surface area contributed by atoms with E-state index < -0.39 is 11.5 Å². The molecule has 0 fully saturated rings. The van der Waals surface area contributed by atoms with Crippen molar-refractivity contribution in [1.29, 1.82) is 0 Å². The second kappa shape index (κ2) is 7.05. The van der Waals surface area contributed by atoms with Gasteiger partial charge in [0.1, 0.15) is 0 Å². The molecule has 0 spiro atoms. The van der Waals surface area contributed by atoms with E-state index in [0.717, 1.165) is 12.0 Å². The van der Waals surface area contributed by atoms with Gasteiger partial charge in [0.05, 0.1) is 5.54 Å². The molecule has 1 aromatic rings. The maximum atomic E-state index is 12.2. The Morgan fingerprint density at radius 2 is 2.00 bits per heavy atom. The third-order valence-corrected chi connectivity index (χ3v) is 3.16. The number of rotatable bonds is 7. The molecular weight excluding hydrogens is 256 g/mol. The van der Waals surface area contributed by atoms with Crippen molar-refractivity contribution in [2.75, 3.05) is 5.32 Å². The Kier molecular flexibility index (Phi) is 5.70. The van der Waals surface area contributed by atoms with E-state index in [0.29, 0.717) is 18.5 Å². The fraction of sp³-hybridized carbons (Fsp3) is 0.467. The van der Waals surface area contributed by atoms with Gasteiger partial charge in [-0.25, -0.2) is 0 Å². The Bertz CT molecular complexity index is 484. The van der Waals surface area contributed by atoms with Gasteiger partial charge in [0.2, 0.25) is 5.91 Å². The van der Waals surface area contributed by atoms with E-state index in [-0.39, 0.29) is 12.3 Å². The lowest BCUT2D eigenvalue weighted by Crippen LogP contribution is -2.48. The molecule has 0 aliphatic carbocycles. The van der Waals surface area contributed by atoms with Gasteiger partial charge in [0, 0.05) is 12.1 Å². The van der Waals surface area contributed by atoms with Gasteiger partial charge in [-0.1, -0.05) is 31.5 Å². The van der Waals surface area contributed by atoms with Gasteiger partial charge in [-0.3, -0.25) is 9.59 Å². The summed E-state index contributed by atoms with van der Waals surface area (Å²) in [5.41, 5.74) is 6.50. The zero-order chi connectivity index (χ0) is 15.2. The van der Waals surface area contributed by atoms with Crippen LogP contribution in [0.5, 0.6) is 0 Å². The molecule has 0 bridgehead atoms. The highest BCUT2D eigenvalue weighted by molar-refractivity contribution is 5.98. The van der Waals surface area contributed by atoms with Crippen molar-refractivity contribution in [1.82, 2.24) is 0 Å². The van der Waals surface area contributed by atoms with Crippen LogP contribution < -0.4 is 11.1 Å². The summed E-state index contributed by atoms with van der Waals surface area (Å²) in [6.07, 6.45) is 1.82. The first-order chi connectivity index (χ1) is 9.36. The van der Waals surface area contributed by atoms with Gasteiger partial charge >= 0.3 is 5.97 Å². The minimum atomic E-state index is -0.922. The first kappa shape index (κ1) is 16.2. The molecule has 20 heavy (non-hydrogen) atoms. The average Bonchev–Trinajstić information content (AvgIpc) is 2.37. The number of amides is 1. The molecule has 110 valence electrons. The topological polar surface area (TPSA) is 92.4 Å². The van der Waals surface area contributed by atoms with Crippen molar-refractivity contribution in [3.63, 3.8) is 0 Å². The molecule has 4 N–H and O–H groups in total. The molecule has 5 heteroatoms. The minimum Gasteiger partial charge on any atom is -0.481 e. The zero-order valence-electron chi connectivity index (χ0n) is 12.0. The van der Waals surface area contributed by atoms with Crippen molar-refractivity contribution in [2.45, 2.75) is 45.1 Å². The van der Waals surface area contributed by atoms with Crippen LogP contribution in [0, 0.1) is 0 Å². The fourth-order valence-corrected chi connectivity index (χ4v) is 2.00. The molecule has 1 atom stereocenters. The van der Waals surface area contributed by atoms with E-state index >= 15 is 0 Å². The van der Waals surface area contributed by atoms with E-state index in [1.54, 1.807) is 19.1 Å². The number of carbonyl (C=O) groups excluding carboxylic acids is 1. The molecule has 0 heterocycles. The minimum absolute atomic E-state index is 0.0295. The molecular formula is C15H22N2O3. The third-order valence-electron chi connectivity index (χ3n) is 3.16. The SMILES string of the molecule is CCCC(C)(N)C(=O)Nc1ccccc1CCC(=O)O.